The standard InChI is InChI=1S/C22H37N5O3.HI/c1-23-22(24-15-18-6-5-9-26(18)2)25-16-19(27-10-12-30-13-11-27)17-7-8-20(28-3)21(14-17)29-4;/h7-8,14,18-19H,5-6,9-13,15-16H2,1-4H3,(H2,23,24,25);1H. The lowest BCUT2D eigenvalue weighted by atomic mass is 10.0. The van der Waals surface area contributed by atoms with E-state index in [9.17, 15) is 0 Å². The Morgan fingerprint density at radius 2 is 1.90 bits per heavy atom. The zero-order valence-electron chi connectivity index (χ0n) is 19.2. The van der Waals surface area contributed by atoms with Crippen molar-refractivity contribution in [2.75, 3.05) is 74.3 Å². The van der Waals surface area contributed by atoms with E-state index in [0.717, 1.165) is 56.9 Å². The number of likely N-dealkylation sites (tertiary alicyclic amines) is 1. The molecule has 176 valence electrons. The van der Waals surface area contributed by atoms with E-state index in [1.165, 1.54) is 24.9 Å². The highest BCUT2D eigenvalue weighted by Gasteiger charge is 2.25. The van der Waals surface area contributed by atoms with Crippen molar-refractivity contribution >= 4 is 29.9 Å². The number of benzene rings is 1. The highest BCUT2D eigenvalue weighted by Crippen LogP contribution is 2.32. The monoisotopic (exact) mass is 547 g/mol. The third kappa shape index (κ3) is 7.10. The maximum absolute atomic E-state index is 5.57. The van der Waals surface area contributed by atoms with Crippen molar-refractivity contribution in [3.63, 3.8) is 0 Å². The normalized spacial score (nSPS) is 21.3. The zero-order chi connectivity index (χ0) is 21.3. The second-order valence-electron chi connectivity index (χ2n) is 7.89. The molecule has 0 aromatic heterocycles. The molecule has 2 atom stereocenters. The van der Waals surface area contributed by atoms with Gasteiger partial charge >= 0.3 is 0 Å². The molecule has 2 N–H and O–H groups in total. The molecule has 0 bridgehead atoms. The third-order valence-electron chi connectivity index (χ3n) is 6.14. The second-order valence-corrected chi connectivity index (χ2v) is 7.89. The first-order valence-corrected chi connectivity index (χ1v) is 10.8. The minimum atomic E-state index is 0. The summed E-state index contributed by atoms with van der Waals surface area (Å²) in [5.41, 5.74) is 1.19. The Kier molecular flexibility index (Phi) is 11.1. The van der Waals surface area contributed by atoms with Gasteiger partial charge in [0.2, 0.25) is 0 Å². The van der Waals surface area contributed by atoms with Crippen LogP contribution in [-0.4, -0.2) is 96.1 Å². The zero-order valence-corrected chi connectivity index (χ0v) is 21.6. The summed E-state index contributed by atoms with van der Waals surface area (Å²) < 4.78 is 16.5. The summed E-state index contributed by atoms with van der Waals surface area (Å²) in [6.07, 6.45) is 2.51. The van der Waals surface area contributed by atoms with Crippen molar-refractivity contribution in [2.24, 2.45) is 4.99 Å². The molecule has 2 aliphatic rings. The number of guanidine groups is 1. The first-order chi connectivity index (χ1) is 14.7. The molecule has 2 unspecified atom stereocenters. The Morgan fingerprint density at radius 1 is 1.16 bits per heavy atom. The number of nitrogens with one attached hydrogen (secondary N) is 2. The quantitative estimate of drug-likeness (QED) is 0.293. The van der Waals surface area contributed by atoms with Crippen molar-refractivity contribution in [3.05, 3.63) is 23.8 Å². The minimum absolute atomic E-state index is 0. The van der Waals surface area contributed by atoms with E-state index in [0.29, 0.717) is 6.04 Å². The maximum Gasteiger partial charge on any atom is 0.191 e. The molecular formula is C22H38IN5O3. The molecule has 2 aliphatic heterocycles. The molecule has 31 heavy (non-hydrogen) atoms. The maximum atomic E-state index is 5.57. The smallest absolute Gasteiger partial charge is 0.191 e. The largest absolute Gasteiger partial charge is 0.493 e. The highest BCUT2D eigenvalue weighted by atomic mass is 127. The van der Waals surface area contributed by atoms with Gasteiger partial charge in [-0.1, -0.05) is 6.07 Å². The Bertz CT molecular complexity index is 700. The van der Waals surface area contributed by atoms with Crippen molar-refractivity contribution in [1.82, 2.24) is 20.4 Å². The summed E-state index contributed by atoms with van der Waals surface area (Å²) in [6, 6.07) is 6.92. The van der Waals surface area contributed by atoms with E-state index < -0.39 is 0 Å². The van der Waals surface area contributed by atoms with Crippen molar-refractivity contribution < 1.29 is 14.2 Å². The number of methoxy groups -OCH3 is 2. The molecule has 2 heterocycles. The average Bonchev–Trinajstić information content (AvgIpc) is 3.21. The van der Waals surface area contributed by atoms with Gasteiger partial charge in [0, 0.05) is 39.3 Å². The number of hydrogen-bond acceptors (Lipinski definition) is 6. The molecule has 2 saturated heterocycles. The van der Waals surface area contributed by atoms with Gasteiger partial charge in [0.05, 0.1) is 33.5 Å². The van der Waals surface area contributed by atoms with E-state index >= 15 is 0 Å². The van der Waals surface area contributed by atoms with E-state index in [2.05, 4.69) is 44.6 Å². The van der Waals surface area contributed by atoms with Crippen LogP contribution in [0.1, 0.15) is 24.4 Å². The SMILES string of the molecule is CN=C(NCC1CCCN1C)NCC(c1ccc(OC)c(OC)c1)N1CCOCC1.I. The molecule has 1 aromatic carbocycles. The number of ether oxygens (including phenoxy) is 3. The van der Waals surface area contributed by atoms with Crippen LogP contribution >= 0.6 is 24.0 Å². The molecule has 0 amide bonds. The van der Waals surface area contributed by atoms with Gasteiger partial charge < -0.3 is 29.7 Å². The van der Waals surface area contributed by atoms with Crippen LogP contribution in [-0.2, 0) is 4.74 Å². The van der Waals surface area contributed by atoms with Gasteiger partial charge in [0.25, 0.3) is 0 Å². The molecule has 0 saturated carbocycles. The number of likely N-dealkylation sites (N-methyl/N-ethyl adjacent to an activating group) is 1. The first-order valence-electron chi connectivity index (χ1n) is 10.8. The van der Waals surface area contributed by atoms with E-state index in [1.54, 1.807) is 14.2 Å². The Labute approximate surface area is 203 Å². The number of hydrogen-bond donors (Lipinski definition) is 2. The molecule has 8 nitrogen and oxygen atoms in total. The van der Waals surface area contributed by atoms with Crippen LogP contribution < -0.4 is 20.1 Å². The Morgan fingerprint density at radius 3 is 2.52 bits per heavy atom. The van der Waals surface area contributed by atoms with Crippen LogP contribution in [0.15, 0.2) is 23.2 Å². The number of nitrogens with zero attached hydrogens (tertiary/aromatic N) is 3. The summed E-state index contributed by atoms with van der Waals surface area (Å²) >= 11 is 0. The summed E-state index contributed by atoms with van der Waals surface area (Å²) in [5, 5.41) is 7.04. The lowest BCUT2D eigenvalue weighted by molar-refractivity contribution is 0.0169. The van der Waals surface area contributed by atoms with Crippen LogP contribution in [0.25, 0.3) is 0 Å². The van der Waals surface area contributed by atoms with Gasteiger partial charge in [0.1, 0.15) is 0 Å². The molecule has 0 spiro atoms. The van der Waals surface area contributed by atoms with Gasteiger partial charge in [-0.05, 0) is 44.1 Å². The van der Waals surface area contributed by atoms with Gasteiger partial charge in [-0.2, -0.15) is 0 Å². The number of rotatable bonds is 8. The molecule has 2 fully saturated rings. The predicted molar refractivity (Wildman–Crippen MR) is 135 cm³/mol. The summed E-state index contributed by atoms with van der Waals surface area (Å²) in [7, 11) is 7.36. The fourth-order valence-corrected chi connectivity index (χ4v) is 4.27. The van der Waals surface area contributed by atoms with Crippen LogP contribution in [0.5, 0.6) is 11.5 Å². The topological polar surface area (TPSA) is 70.6 Å². The van der Waals surface area contributed by atoms with Crippen molar-refractivity contribution in [1.29, 1.82) is 0 Å². The van der Waals surface area contributed by atoms with Gasteiger partial charge in [-0.3, -0.25) is 9.89 Å². The van der Waals surface area contributed by atoms with Gasteiger partial charge in [-0.25, -0.2) is 0 Å². The Balaban J connectivity index is 0.00000341. The number of morpholine rings is 1. The van der Waals surface area contributed by atoms with Gasteiger partial charge in [0.15, 0.2) is 17.5 Å². The fourth-order valence-electron chi connectivity index (χ4n) is 4.27. The molecule has 3 rings (SSSR count). The summed E-state index contributed by atoms with van der Waals surface area (Å²) in [5.74, 6) is 2.34. The van der Waals surface area contributed by atoms with Crippen LogP contribution in [0.2, 0.25) is 0 Å². The number of aliphatic imine (C=N–C) groups is 1. The second kappa shape index (κ2) is 13.3. The highest BCUT2D eigenvalue weighted by molar-refractivity contribution is 14.0. The van der Waals surface area contributed by atoms with Crippen molar-refractivity contribution in [2.45, 2.75) is 24.9 Å². The fraction of sp³-hybridized carbons (Fsp3) is 0.682. The van der Waals surface area contributed by atoms with Gasteiger partial charge in [-0.15, -0.1) is 24.0 Å². The lowest BCUT2D eigenvalue weighted by Gasteiger charge is -2.35. The molecule has 0 aliphatic carbocycles. The minimum Gasteiger partial charge on any atom is -0.493 e. The van der Waals surface area contributed by atoms with E-state index in [1.807, 2.05) is 13.1 Å². The molecule has 0 radical (unpaired) electrons. The van der Waals surface area contributed by atoms with Crippen LogP contribution in [0.4, 0.5) is 0 Å². The van der Waals surface area contributed by atoms with Crippen molar-refractivity contribution in [3.8, 4) is 11.5 Å². The summed E-state index contributed by atoms with van der Waals surface area (Å²) in [4.78, 5) is 9.31. The van der Waals surface area contributed by atoms with E-state index in [-0.39, 0.29) is 30.0 Å². The third-order valence-corrected chi connectivity index (χ3v) is 6.14. The number of halogens is 1. The molecular weight excluding hydrogens is 509 g/mol. The molecule has 1 aromatic rings. The Hall–Kier alpha value is -1.30. The van der Waals surface area contributed by atoms with E-state index in [4.69, 9.17) is 14.2 Å². The average molecular weight is 547 g/mol. The summed E-state index contributed by atoms with van der Waals surface area (Å²) in [6.45, 7) is 6.15. The van der Waals surface area contributed by atoms with Crippen LogP contribution in [0.3, 0.4) is 0 Å². The van der Waals surface area contributed by atoms with Crippen LogP contribution in [0, 0.1) is 0 Å². The first kappa shape index (κ1) is 26.0. The lowest BCUT2D eigenvalue weighted by Crippen LogP contribution is -2.48. The molecule has 9 heteroatoms. The predicted octanol–water partition coefficient (Wildman–Crippen LogP) is 1.95.